The first-order valence-corrected chi connectivity index (χ1v) is 5.85. The summed E-state index contributed by atoms with van der Waals surface area (Å²) in [6.45, 7) is 4.88. The van der Waals surface area contributed by atoms with Crippen molar-refractivity contribution in [1.29, 1.82) is 5.26 Å². The number of anilines is 1. The first-order valence-electron chi connectivity index (χ1n) is 5.47. The number of benzene rings is 1. The lowest BCUT2D eigenvalue weighted by molar-refractivity contribution is 0.0185. The zero-order chi connectivity index (χ0) is 12.9. The zero-order valence-corrected chi connectivity index (χ0v) is 11.1. The van der Waals surface area contributed by atoms with Crippen LogP contribution in [0.1, 0.15) is 25.8 Å². The molecule has 0 amide bonds. The minimum Gasteiger partial charge on any atom is -0.385 e. The van der Waals surface area contributed by atoms with E-state index < -0.39 is 0 Å². The van der Waals surface area contributed by atoms with Gasteiger partial charge in [0.1, 0.15) is 6.07 Å². The summed E-state index contributed by atoms with van der Waals surface area (Å²) in [5.74, 6) is 0. The van der Waals surface area contributed by atoms with Gasteiger partial charge in [0, 0.05) is 19.3 Å². The molecule has 0 radical (unpaired) electrons. The van der Waals surface area contributed by atoms with Crippen LogP contribution in [0.5, 0.6) is 0 Å². The van der Waals surface area contributed by atoms with Crippen molar-refractivity contribution in [1.82, 2.24) is 0 Å². The second-order valence-corrected chi connectivity index (χ2v) is 4.85. The topological polar surface area (TPSA) is 45.0 Å². The van der Waals surface area contributed by atoms with Gasteiger partial charge in [0.2, 0.25) is 0 Å². The van der Waals surface area contributed by atoms with E-state index in [9.17, 15) is 0 Å². The second-order valence-electron chi connectivity index (χ2n) is 4.45. The van der Waals surface area contributed by atoms with E-state index >= 15 is 0 Å². The van der Waals surface area contributed by atoms with Crippen LogP contribution in [0.15, 0.2) is 18.2 Å². The number of nitriles is 1. The molecule has 0 aliphatic carbocycles. The summed E-state index contributed by atoms with van der Waals surface area (Å²) in [5.41, 5.74) is 1.28. The summed E-state index contributed by atoms with van der Waals surface area (Å²) in [5, 5.41) is 12.5. The Balaban J connectivity index is 2.54. The Morgan fingerprint density at radius 3 is 2.71 bits per heavy atom. The molecular weight excluding hydrogens is 236 g/mol. The Morgan fingerprint density at radius 1 is 1.47 bits per heavy atom. The van der Waals surface area contributed by atoms with Crippen molar-refractivity contribution >= 4 is 17.3 Å². The predicted octanol–water partition coefficient (Wildman–Crippen LogP) is 3.44. The number of ether oxygens (including phenoxy) is 1. The Labute approximate surface area is 107 Å². The number of hydrogen-bond acceptors (Lipinski definition) is 3. The van der Waals surface area contributed by atoms with Gasteiger partial charge >= 0.3 is 0 Å². The maximum Gasteiger partial charge on any atom is 0.101 e. The van der Waals surface area contributed by atoms with Crippen LogP contribution in [-0.2, 0) is 4.74 Å². The van der Waals surface area contributed by atoms with Crippen molar-refractivity contribution in [3.8, 4) is 6.07 Å². The highest BCUT2D eigenvalue weighted by molar-refractivity contribution is 6.32. The quantitative estimate of drug-likeness (QED) is 0.873. The van der Waals surface area contributed by atoms with E-state index in [1.807, 2.05) is 26.0 Å². The third-order valence-corrected chi connectivity index (χ3v) is 3.01. The van der Waals surface area contributed by atoms with Crippen LogP contribution in [0, 0.1) is 11.3 Å². The van der Waals surface area contributed by atoms with E-state index in [-0.39, 0.29) is 5.60 Å². The van der Waals surface area contributed by atoms with Crippen LogP contribution in [0.4, 0.5) is 5.69 Å². The molecular formula is C13H17ClN2O. The largest absolute Gasteiger partial charge is 0.385 e. The van der Waals surface area contributed by atoms with E-state index in [0.717, 1.165) is 18.7 Å². The van der Waals surface area contributed by atoms with Crippen LogP contribution < -0.4 is 5.32 Å². The fourth-order valence-electron chi connectivity index (χ4n) is 1.33. The molecule has 0 aromatic heterocycles. The van der Waals surface area contributed by atoms with Gasteiger partial charge in [-0.05, 0) is 38.5 Å². The molecule has 0 atom stereocenters. The van der Waals surface area contributed by atoms with E-state index in [0.29, 0.717) is 10.6 Å². The van der Waals surface area contributed by atoms with Gasteiger partial charge in [0.05, 0.1) is 16.2 Å². The van der Waals surface area contributed by atoms with Crippen molar-refractivity contribution in [2.24, 2.45) is 0 Å². The number of nitrogens with zero attached hydrogens (tertiary/aromatic N) is 1. The smallest absolute Gasteiger partial charge is 0.101 e. The number of methoxy groups -OCH3 is 1. The lowest BCUT2D eigenvalue weighted by Crippen LogP contribution is -2.25. The number of hydrogen-bond donors (Lipinski definition) is 1. The lowest BCUT2D eigenvalue weighted by Gasteiger charge is -2.23. The Bertz CT molecular complexity index is 424. The highest BCUT2D eigenvalue weighted by atomic mass is 35.5. The molecule has 1 aromatic carbocycles. The van der Waals surface area contributed by atoms with Gasteiger partial charge in [-0.2, -0.15) is 5.26 Å². The maximum absolute atomic E-state index is 8.75. The molecule has 1 rings (SSSR count). The molecule has 0 saturated heterocycles. The van der Waals surface area contributed by atoms with Crippen LogP contribution in [0.2, 0.25) is 5.02 Å². The maximum atomic E-state index is 8.75. The average molecular weight is 253 g/mol. The summed E-state index contributed by atoms with van der Waals surface area (Å²) >= 11 is 5.94. The minimum atomic E-state index is -0.136. The summed E-state index contributed by atoms with van der Waals surface area (Å²) in [4.78, 5) is 0. The Kier molecular flexibility index (Phi) is 4.80. The second kappa shape index (κ2) is 5.90. The molecule has 4 heteroatoms. The van der Waals surface area contributed by atoms with Crippen molar-refractivity contribution in [2.75, 3.05) is 19.0 Å². The predicted molar refractivity (Wildman–Crippen MR) is 70.4 cm³/mol. The third-order valence-electron chi connectivity index (χ3n) is 2.70. The van der Waals surface area contributed by atoms with E-state index in [2.05, 4.69) is 5.32 Å². The third kappa shape index (κ3) is 4.26. The first-order chi connectivity index (χ1) is 7.98. The van der Waals surface area contributed by atoms with Crippen molar-refractivity contribution in [2.45, 2.75) is 25.9 Å². The number of halogens is 1. The number of nitrogens with one attached hydrogen (secondary N) is 1. The zero-order valence-electron chi connectivity index (χ0n) is 10.4. The van der Waals surface area contributed by atoms with Crippen molar-refractivity contribution in [3.05, 3.63) is 28.8 Å². The van der Waals surface area contributed by atoms with Gasteiger partial charge in [0.25, 0.3) is 0 Å². The molecule has 0 heterocycles. The van der Waals surface area contributed by atoms with E-state index in [4.69, 9.17) is 21.6 Å². The summed E-state index contributed by atoms with van der Waals surface area (Å²) < 4.78 is 5.33. The van der Waals surface area contributed by atoms with E-state index in [1.54, 1.807) is 19.2 Å². The Morgan fingerprint density at radius 2 is 2.18 bits per heavy atom. The summed E-state index contributed by atoms with van der Waals surface area (Å²) in [7, 11) is 1.71. The molecule has 1 aromatic rings. The lowest BCUT2D eigenvalue weighted by atomic mass is 10.1. The first kappa shape index (κ1) is 13.8. The molecule has 0 unspecified atom stereocenters. The molecule has 0 aliphatic heterocycles. The minimum absolute atomic E-state index is 0.136. The van der Waals surface area contributed by atoms with Gasteiger partial charge in [-0.15, -0.1) is 0 Å². The molecule has 3 nitrogen and oxygen atoms in total. The highest BCUT2D eigenvalue weighted by Crippen LogP contribution is 2.21. The average Bonchev–Trinajstić information content (AvgIpc) is 2.29. The Hall–Kier alpha value is -1.24. The van der Waals surface area contributed by atoms with Gasteiger partial charge in [-0.25, -0.2) is 0 Å². The van der Waals surface area contributed by atoms with Gasteiger partial charge in [-0.3, -0.25) is 0 Å². The summed E-state index contributed by atoms with van der Waals surface area (Å²) in [6, 6.07) is 7.36. The summed E-state index contributed by atoms with van der Waals surface area (Å²) in [6.07, 6.45) is 0.890. The van der Waals surface area contributed by atoms with Gasteiger partial charge in [-0.1, -0.05) is 11.6 Å². The van der Waals surface area contributed by atoms with Crippen molar-refractivity contribution < 1.29 is 4.74 Å². The van der Waals surface area contributed by atoms with E-state index in [1.165, 1.54) is 0 Å². The monoisotopic (exact) mass is 252 g/mol. The molecule has 0 aliphatic rings. The van der Waals surface area contributed by atoms with Crippen LogP contribution >= 0.6 is 11.6 Å². The van der Waals surface area contributed by atoms with Crippen LogP contribution in [0.25, 0.3) is 0 Å². The molecule has 0 saturated carbocycles. The van der Waals surface area contributed by atoms with Crippen LogP contribution in [-0.4, -0.2) is 19.3 Å². The molecule has 17 heavy (non-hydrogen) atoms. The molecule has 0 fully saturated rings. The SMILES string of the molecule is COC(C)(C)CCNc1ccc(C#N)c(Cl)c1. The van der Waals surface area contributed by atoms with Gasteiger partial charge < -0.3 is 10.1 Å². The number of rotatable bonds is 5. The van der Waals surface area contributed by atoms with Gasteiger partial charge in [0.15, 0.2) is 0 Å². The fraction of sp³-hybridized carbons (Fsp3) is 0.462. The van der Waals surface area contributed by atoms with Crippen molar-refractivity contribution in [3.63, 3.8) is 0 Å². The molecule has 92 valence electrons. The molecule has 1 N–H and O–H groups in total. The molecule has 0 spiro atoms. The fourth-order valence-corrected chi connectivity index (χ4v) is 1.55. The highest BCUT2D eigenvalue weighted by Gasteiger charge is 2.15. The standard InChI is InChI=1S/C13H17ClN2O/c1-13(2,17-3)6-7-16-11-5-4-10(9-15)12(14)8-11/h4-5,8,16H,6-7H2,1-3H3. The van der Waals surface area contributed by atoms with Crippen LogP contribution in [0.3, 0.4) is 0 Å². The molecule has 0 bridgehead atoms. The normalized spacial score (nSPS) is 11.0.